The van der Waals surface area contributed by atoms with E-state index in [1.165, 1.54) is 26.9 Å². The lowest BCUT2D eigenvalue weighted by Crippen LogP contribution is -1.92. The molecule has 6 aromatic carbocycles. The van der Waals surface area contributed by atoms with Gasteiger partial charge in [-0.15, -0.1) is 0 Å². The van der Waals surface area contributed by atoms with Gasteiger partial charge in [0.15, 0.2) is 5.69 Å². The Kier molecular flexibility index (Phi) is 5.53. The average Bonchev–Trinajstić information content (AvgIpc) is 3.48. The lowest BCUT2D eigenvalue weighted by molar-refractivity contribution is 0.669. The van der Waals surface area contributed by atoms with Gasteiger partial charge in [0, 0.05) is 34.3 Å². The molecule has 0 aliphatic rings. The first-order valence-electron chi connectivity index (χ1n) is 14.8. The van der Waals surface area contributed by atoms with Crippen LogP contribution in [0.25, 0.3) is 92.7 Å². The monoisotopic (exact) mass is 573 g/mol. The van der Waals surface area contributed by atoms with Crippen LogP contribution in [-0.2, 0) is 0 Å². The molecule has 4 heteroatoms. The Morgan fingerprint density at radius 2 is 1.09 bits per heavy atom. The lowest BCUT2D eigenvalue weighted by Gasteiger charge is -2.16. The van der Waals surface area contributed by atoms with Crippen LogP contribution in [-0.4, -0.2) is 9.97 Å². The SMILES string of the molecule is [C-]#[N+]c1ccc2oc3ccc(-c4cc5c6ccccc6c(-c6cccc(-c7ccncc7)n6)cc5c5ccccc45)cc3c2c1. The van der Waals surface area contributed by atoms with Gasteiger partial charge in [-0.1, -0.05) is 66.7 Å². The first-order valence-corrected chi connectivity index (χ1v) is 14.8. The number of benzene rings is 6. The highest BCUT2D eigenvalue weighted by Gasteiger charge is 2.17. The smallest absolute Gasteiger partial charge is 0.188 e. The van der Waals surface area contributed by atoms with Gasteiger partial charge in [0.25, 0.3) is 0 Å². The summed E-state index contributed by atoms with van der Waals surface area (Å²) in [5.74, 6) is 0. The molecule has 45 heavy (non-hydrogen) atoms. The van der Waals surface area contributed by atoms with Crippen LogP contribution in [0.2, 0.25) is 0 Å². The van der Waals surface area contributed by atoms with Gasteiger partial charge >= 0.3 is 0 Å². The van der Waals surface area contributed by atoms with Gasteiger partial charge in [0.05, 0.1) is 18.0 Å². The van der Waals surface area contributed by atoms with Crippen LogP contribution in [0.3, 0.4) is 0 Å². The Labute approximate surface area is 258 Å². The highest BCUT2D eigenvalue weighted by molar-refractivity contribution is 6.24. The largest absolute Gasteiger partial charge is 0.456 e. The van der Waals surface area contributed by atoms with E-state index in [-0.39, 0.29) is 0 Å². The Hall–Kier alpha value is -6.31. The number of aromatic nitrogens is 2. The van der Waals surface area contributed by atoms with Gasteiger partial charge < -0.3 is 4.42 Å². The van der Waals surface area contributed by atoms with Crippen LogP contribution in [0, 0.1) is 6.57 Å². The maximum atomic E-state index is 7.50. The van der Waals surface area contributed by atoms with Crippen molar-refractivity contribution in [2.75, 3.05) is 0 Å². The lowest BCUT2D eigenvalue weighted by atomic mass is 9.88. The summed E-state index contributed by atoms with van der Waals surface area (Å²) in [7, 11) is 0. The molecule has 3 heterocycles. The number of hydrogen-bond donors (Lipinski definition) is 0. The fourth-order valence-electron chi connectivity index (χ4n) is 6.67. The van der Waals surface area contributed by atoms with E-state index in [2.05, 4.69) is 94.8 Å². The standard InChI is InChI=1S/C41H23N3O/c1-42-27-14-16-41-37(22-27)36-21-26(13-15-40(36)45-41)32-23-33-30-9-4-5-10-31(30)35(24-34(33)29-8-3-2-7-28(29)32)39-12-6-11-38(44-39)25-17-19-43-20-18-25/h2-24H. The Morgan fingerprint density at radius 1 is 0.467 bits per heavy atom. The molecule has 0 bridgehead atoms. The van der Waals surface area contributed by atoms with Gasteiger partial charge in [-0.3, -0.25) is 4.98 Å². The molecule has 0 saturated heterocycles. The van der Waals surface area contributed by atoms with Crippen molar-refractivity contribution in [1.29, 1.82) is 0 Å². The molecule has 208 valence electrons. The number of hydrogen-bond acceptors (Lipinski definition) is 3. The maximum absolute atomic E-state index is 7.50. The topological polar surface area (TPSA) is 43.3 Å². The number of rotatable bonds is 3. The molecule has 9 rings (SSSR count). The zero-order chi connectivity index (χ0) is 29.9. The fourth-order valence-corrected chi connectivity index (χ4v) is 6.67. The number of nitrogens with zero attached hydrogens (tertiary/aromatic N) is 3. The first kappa shape index (κ1) is 25.2. The molecule has 0 atom stereocenters. The fraction of sp³-hybridized carbons (Fsp3) is 0. The molecule has 0 aliphatic heterocycles. The summed E-state index contributed by atoms with van der Waals surface area (Å²) in [5.41, 5.74) is 8.48. The van der Waals surface area contributed by atoms with Crippen LogP contribution in [0.1, 0.15) is 0 Å². The maximum Gasteiger partial charge on any atom is 0.188 e. The molecule has 0 saturated carbocycles. The quantitative estimate of drug-likeness (QED) is 0.156. The second-order valence-electron chi connectivity index (χ2n) is 11.3. The van der Waals surface area contributed by atoms with Crippen LogP contribution in [0.4, 0.5) is 5.69 Å². The van der Waals surface area contributed by atoms with Crippen molar-refractivity contribution in [2.45, 2.75) is 0 Å². The minimum atomic E-state index is 0.606. The second-order valence-corrected chi connectivity index (χ2v) is 11.3. The minimum absolute atomic E-state index is 0.606. The molecule has 0 N–H and O–H groups in total. The predicted octanol–water partition coefficient (Wildman–Crippen LogP) is 11.4. The summed E-state index contributed by atoms with van der Waals surface area (Å²) in [6.07, 6.45) is 3.60. The summed E-state index contributed by atoms with van der Waals surface area (Å²) in [6.45, 7) is 7.50. The first-order chi connectivity index (χ1) is 22.2. The van der Waals surface area contributed by atoms with Crippen molar-refractivity contribution in [2.24, 2.45) is 0 Å². The predicted molar refractivity (Wildman–Crippen MR) is 184 cm³/mol. The molecular weight excluding hydrogens is 550 g/mol. The van der Waals surface area contributed by atoms with E-state index >= 15 is 0 Å². The minimum Gasteiger partial charge on any atom is -0.456 e. The van der Waals surface area contributed by atoms with Crippen LogP contribution < -0.4 is 0 Å². The second kappa shape index (κ2) is 9.87. The number of furan rings is 1. The summed E-state index contributed by atoms with van der Waals surface area (Å²) in [5, 5.41) is 9.07. The summed E-state index contributed by atoms with van der Waals surface area (Å²) < 4.78 is 6.14. The molecule has 0 radical (unpaired) electrons. The molecule has 0 amide bonds. The van der Waals surface area contributed by atoms with Gasteiger partial charge in [0.2, 0.25) is 0 Å². The van der Waals surface area contributed by atoms with Gasteiger partial charge in [-0.2, -0.15) is 0 Å². The normalized spacial score (nSPS) is 11.5. The summed E-state index contributed by atoms with van der Waals surface area (Å²) >= 11 is 0. The van der Waals surface area contributed by atoms with Crippen LogP contribution in [0.15, 0.2) is 144 Å². The zero-order valence-electron chi connectivity index (χ0n) is 24.0. The van der Waals surface area contributed by atoms with Gasteiger partial charge in [-0.25, -0.2) is 9.83 Å². The van der Waals surface area contributed by atoms with Crippen LogP contribution in [0.5, 0.6) is 0 Å². The van der Waals surface area contributed by atoms with E-state index in [4.69, 9.17) is 16.0 Å². The van der Waals surface area contributed by atoms with Gasteiger partial charge in [-0.05, 0) is 104 Å². The van der Waals surface area contributed by atoms with Gasteiger partial charge in [0.1, 0.15) is 11.2 Å². The van der Waals surface area contributed by atoms with Crippen molar-refractivity contribution in [3.8, 4) is 33.6 Å². The van der Waals surface area contributed by atoms with E-state index in [1.54, 1.807) is 18.5 Å². The third-order valence-corrected chi connectivity index (χ3v) is 8.78. The molecule has 0 spiro atoms. The molecule has 4 nitrogen and oxygen atoms in total. The molecule has 3 aromatic heterocycles. The molecule has 0 fully saturated rings. The van der Waals surface area contributed by atoms with E-state index in [0.29, 0.717) is 5.69 Å². The average molecular weight is 574 g/mol. The van der Waals surface area contributed by atoms with Crippen LogP contribution >= 0.6 is 0 Å². The third kappa shape index (κ3) is 3.99. The Balaban J connectivity index is 1.32. The highest BCUT2D eigenvalue weighted by atomic mass is 16.3. The summed E-state index contributed by atoms with van der Waals surface area (Å²) in [6, 6.07) is 44.1. The van der Waals surface area contributed by atoms with E-state index in [1.807, 2.05) is 36.4 Å². The third-order valence-electron chi connectivity index (χ3n) is 8.78. The molecule has 0 unspecified atom stereocenters. The van der Waals surface area contributed by atoms with Crippen molar-refractivity contribution in [3.05, 3.63) is 151 Å². The Bertz CT molecular complexity index is 2660. The van der Waals surface area contributed by atoms with Crippen molar-refractivity contribution < 1.29 is 4.42 Å². The molecule has 9 aromatic rings. The Morgan fingerprint density at radius 3 is 1.82 bits per heavy atom. The van der Waals surface area contributed by atoms with Crippen molar-refractivity contribution >= 4 is 59.9 Å². The molecule has 0 aliphatic carbocycles. The number of fused-ring (bicyclic) bond motifs is 8. The van der Waals surface area contributed by atoms with E-state index < -0.39 is 0 Å². The molecular formula is C41H23N3O. The van der Waals surface area contributed by atoms with Crippen molar-refractivity contribution in [3.63, 3.8) is 0 Å². The van der Waals surface area contributed by atoms with E-state index in [9.17, 15) is 0 Å². The van der Waals surface area contributed by atoms with Crippen molar-refractivity contribution in [1.82, 2.24) is 9.97 Å². The zero-order valence-corrected chi connectivity index (χ0v) is 24.0. The highest BCUT2D eigenvalue weighted by Crippen LogP contribution is 2.43. The van der Waals surface area contributed by atoms with E-state index in [0.717, 1.165) is 61.0 Å². The number of pyridine rings is 2. The summed E-state index contributed by atoms with van der Waals surface area (Å²) in [4.78, 5) is 12.9.